The molecule has 1 saturated heterocycles. The molecule has 2 rings (SSSR count). The van der Waals surface area contributed by atoms with E-state index < -0.39 is 0 Å². The Labute approximate surface area is 108 Å². The van der Waals surface area contributed by atoms with E-state index in [0.29, 0.717) is 0 Å². The molecule has 0 aliphatic carbocycles. The van der Waals surface area contributed by atoms with Crippen LogP contribution in [0.15, 0.2) is 24.3 Å². The second kappa shape index (κ2) is 5.98. The molecule has 1 aliphatic heterocycles. The fraction of sp³-hybridized carbons (Fsp3) is 0.500. The molecule has 0 aromatic heterocycles. The van der Waals surface area contributed by atoms with E-state index in [1.54, 1.807) is 0 Å². The van der Waals surface area contributed by atoms with Crippen molar-refractivity contribution in [1.82, 2.24) is 10.3 Å². The minimum Gasteiger partial charge on any atom is -0.299 e. The first-order valence-electron chi connectivity index (χ1n) is 6.48. The van der Waals surface area contributed by atoms with Crippen molar-refractivity contribution in [3.05, 3.63) is 35.4 Å². The van der Waals surface area contributed by atoms with E-state index in [4.69, 9.17) is 5.84 Å². The molecule has 0 bridgehead atoms. The van der Waals surface area contributed by atoms with Crippen molar-refractivity contribution >= 4 is 5.91 Å². The molecule has 0 radical (unpaired) electrons. The number of benzene rings is 1. The highest BCUT2D eigenvalue weighted by Crippen LogP contribution is 2.20. The Balaban J connectivity index is 1.87. The van der Waals surface area contributed by atoms with Crippen molar-refractivity contribution in [2.45, 2.75) is 26.3 Å². The number of nitrogens with one attached hydrogen (secondary N) is 1. The van der Waals surface area contributed by atoms with Crippen LogP contribution in [-0.2, 0) is 11.3 Å². The zero-order valence-corrected chi connectivity index (χ0v) is 10.9. The molecule has 0 saturated carbocycles. The first-order valence-corrected chi connectivity index (χ1v) is 6.48. The van der Waals surface area contributed by atoms with Crippen molar-refractivity contribution in [3.8, 4) is 0 Å². The summed E-state index contributed by atoms with van der Waals surface area (Å²) in [6.07, 6.45) is 1.80. The first-order chi connectivity index (χ1) is 8.70. The van der Waals surface area contributed by atoms with Gasteiger partial charge in [-0.1, -0.05) is 24.3 Å². The summed E-state index contributed by atoms with van der Waals surface area (Å²) in [5, 5.41) is 0. The molecule has 1 aromatic rings. The minimum absolute atomic E-state index is 0.0226. The molecule has 98 valence electrons. The van der Waals surface area contributed by atoms with Crippen LogP contribution in [0.3, 0.4) is 0 Å². The number of piperidine rings is 1. The number of likely N-dealkylation sites (tertiary alicyclic amines) is 1. The van der Waals surface area contributed by atoms with Gasteiger partial charge in [-0.05, 0) is 44.0 Å². The normalized spacial score (nSPS) is 17.7. The first kappa shape index (κ1) is 13.1. The summed E-state index contributed by atoms with van der Waals surface area (Å²) in [6.45, 7) is 5.05. The Morgan fingerprint density at radius 2 is 2.06 bits per heavy atom. The average molecular weight is 247 g/mol. The Morgan fingerprint density at radius 1 is 1.39 bits per heavy atom. The molecule has 1 fully saturated rings. The predicted molar refractivity (Wildman–Crippen MR) is 71.5 cm³/mol. The highest BCUT2D eigenvalue weighted by molar-refractivity contribution is 5.78. The van der Waals surface area contributed by atoms with Crippen LogP contribution in [-0.4, -0.2) is 23.9 Å². The zero-order chi connectivity index (χ0) is 13.0. The maximum Gasteiger partial charge on any atom is 0.237 e. The van der Waals surface area contributed by atoms with Gasteiger partial charge in [-0.25, -0.2) is 5.84 Å². The Morgan fingerprint density at radius 3 is 2.67 bits per heavy atom. The van der Waals surface area contributed by atoms with Crippen molar-refractivity contribution in [3.63, 3.8) is 0 Å². The van der Waals surface area contributed by atoms with Gasteiger partial charge in [-0.3, -0.25) is 15.1 Å². The van der Waals surface area contributed by atoms with Crippen LogP contribution in [0.5, 0.6) is 0 Å². The summed E-state index contributed by atoms with van der Waals surface area (Å²) < 4.78 is 0. The molecule has 1 amide bonds. The summed E-state index contributed by atoms with van der Waals surface area (Å²) in [5.41, 5.74) is 4.96. The second-order valence-corrected chi connectivity index (χ2v) is 4.99. The molecule has 0 spiro atoms. The summed E-state index contributed by atoms with van der Waals surface area (Å²) in [4.78, 5) is 13.8. The van der Waals surface area contributed by atoms with E-state index in [1.165, 1.54) is 11.1 Å². The molecule has 0 atom stereocenters. The third-order valence-corrected chi connectivity index (χ3v) is 3.76. The van der Waals surface area contributed by atoms with Crippen LogP contribution in [0.2, 0.25) is 0 Å². The van der Waals surface area contributed by atoms with Crippen LogP contribution in [0.4, 0.5) is 0 Å². The Bertz CT molecular complexity index is 411. The average Bonchev–Trinajstić information content (AvgIpc) is 2.41. The lowest BCUT2D eigenvalue weighted by atomic mass is 9.95. The largest absolute Gasteiger partial charge is 0.299 e. The smallest absolute Gasteiger partial charge is 0.237 e. The topological polar surface area (TPSA) is 58.4 Å². The van der Waals surface area contributed by atoms with Gasteiger partial charge in [0, 0.05) is 12.5 Å². The molecule has 1 heterocycles. The lowest BCUT2D eigenvalue weighted by Crippen LogP contribution is -2.42. The van der Waals surface area contributed by atoms with E-state index in [9.17, 15) is 4.79 Å². The zero-order valence-electron chi connectivity index (χ0n) is 10.9. The van der Waals surface area contributed by atoms with Gasteiger partial charge >= 0.3 is 0 Å². The fourth-order valence-electron chi connectivity index (χ4n) is 2.50. The summed E-state index contributed by atoms with van der Waals surface area (Å²) in [7, 11) is 0. The lowest BCUT2D eigenvalue weighted by molar-refractivity contribution is -0.126. The van der Waals surface area contributed by atoms with Crippen LogP contribution in [0.1, 0.15) is 24.0 Å². The number of hydrogen-bond acceptors (Lipinski definition) is 3. The molecule has 1 aliphatic rings. The highest BCUT2D eigenvalue weighted by Gasteiger charge is 2.24. The van der Waals surface area contributed by atoms with Gasteiger partial charge in [0.15, 0.2) is 0 Å². The van der Waals surface area contributed by atoms with Crippen molar-refractivity contribution < 1.29 is 4.79 Å². The van der Waals surface area contributed by atoms with Gasteiger partial charge in [0.05, 0.1) is 0 Å². The molecule has 4 nitrogen and oxygen atoms in total. The number of carbonyl (C=O) groups is 1. The van der Waals surface area contributed by atoms with E-state index in [2.05, 4.69) is 41.5 Å². The molecular formula is C14H21N3O. The molecule has 0 unspecified atom stereocenters. The van der Waals surface area contributed by atoms with Crippen LogP contribution < -0.4 is 11.3 Å². The molecular weight excluding hydrogens is 226 g/mol. The number of nitrogens with zero attached hydrogens (tertiary/aromatic N) is 1. The molecule has 3 N–H and O–H groups in total. The van der Waals surface area contributed by atoms with Gasteiger partial charge < -0.3 is 0 Å². The number of hydrogen-bond donors (Lipinski definition) is 2. The summed E-state index contributed by atoms with van der Waals surface area (Å²) in [5.74, 6) is 5.23. The Hall–Kier alpha value is -1.39. The van der Waals surface area contributed by atoms with E-state index in [0.717, 1.165) is 32.5 Å². The van der Waals surface area contributed by atoms with Gasteiger partial charge in [-0.2, -0.15) is 0 Å². The van der Waals surface area contributed by atoms with E-state index in [-0.39, 0.29) is 11.8 Å². The number of aryl methyl sites for hydroxylation is 1. The van der Waals surface area contributed by atoms with E-state index in [1.807, 2.05) is 0 Å². The SMILES string of the molecule is Cc1ccccc1CN1CCC(C(=O)NN)CC1. The van der Waals surface area contributed by atoms with Crippen molar-refractivity contribution in [1.29, 1.82) is 0 Å². The fourth-order valence-corrected chi connectivity index (χ4v) is 2.50. The minimum atomic E-state index is -0.0226. The number of nitrogens with two attached hydrogens (primary N) is 1. The molecule has 18 heavy (non-hydrogen) atoms. The molecule has 4 heteroatoms. The van der Waals surface area contributed by atoms with Gasteiger partial charge in [0.2, 0.25) is 5.91 Å². The summed E-state index contributed by atoms with van der Waals surface area (Å²) >= 11 is 0. The van der Waals surface area contributed by atoms with Gasteiger partial charge in [-0.15, -0.1) is 0 Å². The second-order valence-electron chi connectivity index (χ2n) is 4.99. The maximum atomic E-state index is 11.4. The number of rotatable bonds is 3. The number of hydrazine groups is 1. The monoisotopic (exact) mass is 247 g/mol. The predicted octanol–water partition coefficient (Wildman–Crippen LogP) is 1.20. The standard InChI is InChI=1S/C14H21N3O/c1-11-4-2-3-5-13(11)10-17-8-6-12(7-9-17)14(18)16-15/h2-5,12H,6-10,15H2,1H3,(H,16,18). The molecule has 1 aromatic carbocycles. The van der Waals surface area contributed by atoms with Crippen LogP contribution in [0.25, 0.3) is 0 Å². The lowest BCUT2D eigenvalue weighted by Gasteiger charge is -2.31. The van der Waals surface area contributed by atoms with Crippen LogP contribution >= 0.6 is 0 Å². The quantitative estimate of drug-likeness (QED) is 0.479. The maximum absolute atomic E-state index is 11.4. The third-order valence-electron chi connectivity index (χ3n) is 3.76. The van der Waals surface area contributed by atoms with Crippen molar-refractivity contribution in [2.24, 2.45) is 11.8 Å². The van der Waals surface area contributed by atoms with Gasteiger partial charge in [0.25, 0.3) is 0 Å². The number of amides is 1. The third kappa shape index (κ3) is 3.09. The van der Waals surface area contributed by atoms with E-state index >= 15 is 0 Å². The summed E-state index contributed by atoms with van der Waals surface area (Å²) in [6, 6.07) is 8.46. The highest BCUT2D eigenvalue weighted by atomic mass is 16.2. The van der Waals surface area contributed by atoms with Crippen molar-refractivity contribution in [2.75, 3.05) is 13.1 Å². The number of carbonyl (C=O) groups excluding carboxylic acids is 1. The van der Waals surface area contributed by atoms with Crippen LogP contribution in [0, 0.1) is 12.8 Å². The Kier molecular flexibility index (Phi) is 4.33. The van der Waals surface area contributed by atoms with Gasteiger partial charge in [0.1, 0.15) is 0 Å².